The number of alkyl halides is 3. The van der Waals surface area contributed by atoms with Gasteiger partial charge in [0, 0.05) is 24.7 Å². The van der Waals surface area contributed by atoms with Gasteiger partial charge in [-0.3, -0.25) is 0 Å². The predicted molar refractivity (Wildman–Crippen MR) is 127 cm³/mol. The molecule has 1 atom stereocenters. The van der Waals surface area contributed by atoms with Gasteiger partial charge in [-0.1, -0.05) is 17.7 Å². The van der Waals surface area contributed by atoms with Gasteiger partial charge in [-0.15, -0.1) is 0 Å². The maximum absolute atomic E-state index is 14.3. The van der Waals surface area contributed by atoms with Gasteiger partial charge in [0.05, 0.1) is 11.4 Å². The van der Waals surface area contributed by atoms with Crippen LogP contribution >= 0.6 is 11.6 Å². The molecule has 3 N–H and O–H groups in total. The molecule has 0 bridgehead atoms. The summed E-state index contributed by atoms with van der Waals surface area (Å²) in [5.74, 6) is -0.237. The fraction of sp³-hybridized carbons (Fsp3) is 0.458. The number of carbonyl (C=O) groups is 1. The van der Waals surface area contributed by atoms with Crippen molar-refractivity contribution in [2.45, 2.75) is 45.4 Å². The van der Waals surface area contributed by atoms with Crippen molar-refractivity contribution in [3.05, 3.63) is 47.0 Å². The van der Waals surface area contributed by atoms with Crippen molar-refractivity contribution in [3.63, 3.8) is 0 Å². The SMILES string of the molecule is CC(C)(C)OC(=O)NC[C@@H]1CCCN(c2c(N)ccc(Oc3cccc(Cl)c3)c2C(F)(F)F)C1. The third kappa shape index (κ3) is 6.85. The molecule has 0 unspecified atom stereocenters. The molecule has 0 aliphatic carbocycles. The van der Waals surface area contributed by atoms with Gasteiger partial charge in [0.2, 0.25) is 0 Å². The summed E-state index contributed by atoms with van der Waals surface area (Å²) >= 11 is 5.95. The summed E-state index contributed by atoms with van der Waals surface area (Å²) in [5, 5.41) is 3.06. The van der Waals surface area contributed by atoms with Crippen LogP contribution in [0, 0.1) is 5.92 Å². The molecule has 1 aliphatic rings. The van der Waals surface area contributed by atoms with Crippen LogP contribution in [0.2, 0.25) is 5.02 Å². The fourth-order valence-corrected chi connectivity index (χ4v) is 4.10. The Morgan fingerprint density at radius 1 is 1.24 bits per heavy atom. The number of piperidine rings is 1. The van der Waals surface area contributed by atoms with Crippen LogP contribution in [0.3, 0.4) is 0 Å². The number of benzene rings is 2. The zero-order chi connectivity index (χ0) is 25.1. The van der Waals surface area contributed by atoms with Gasteiger partial charge in [0.15, 0.2) is 0 Å². The Kier molecular flexibility index (Phi) is 7.75. The molecule has 2 aromatic rings. The van der Waals surface area contributed by atoms with E-state index >= 15 is 0 Å². The first kappa shape index (κ1) is 25.8. The number of ether oxygens (including phenoxy) is 2. The summed E-state index contributed by atoms with van der Waals surface area (Å²) in [5.41, 5.74) is 4.38. The van der Waals surface area contributed by atoms with E-state index in [4.69, 9.17) is 26.8 Å². The molecule has 0 spiro atoms. The van der Waals surface area contributed by atoms with Crippen molar-refractivity contribution in [2.75, 3.05) is 30.3 Å². The number of carbonyl (C=O) groups excluding carboxylic acids is 1. The average Bonchev–Trinajstić information content (AvgIpc) is 2.71. The highest BCUT2D eigenvalue weighted by molar-refractivity contribution is 6.30. The normalized spacial score (nSPS) is 16.8. The monoisotopic (exact) mass is 499 g/mol. The second kappa shape index (κ2) is 10.2. The number of hydrogen-bond donors (Lipinski definition) is 2. The lowest BCUT2D eigenvalue weighted by Gasteiger charge is -2.37. The van der Waals surface area contributed by atoms with E-state index in [9.17, 15) is 18.0 Å². The van der Waals surface area contributed by atoms with Gasteiger partial charge < -0.3 is 25.4 Å². The minimum absolute atomic E-state index is 0.00604. The van der Waals surface area contributed by atoms with Crippen LogP contribution in [0.15, 0.2) is 36.4 Å². The molecular formula is C24H29ClF3N3O3. The summed E-state index contributed by atoms with van der Waals surface area (Å²) in [4.78, 5) is 13.6. The number of nitrogen functional groups attached to an aromatic ring is 1. The van der Waals surface area contributed by atoms with Crippen LogP contribution in [-0.2, 0) is 10.9 Å². The molecule has 34 heavy (non-hydrogen) atoms. The lowest BCUT2D eigenvalue weighted by molar-refractivity contribution is -0.138. The van der Waals surface area contributed by atoms with Gasteiger partial charge in [-0.25, -0.2) is 4.79 Å². The van der Waals surface area contributed by atoms with Gasteiger partial charge in [-0.05, 0) is 69.9 Å². The quantitative estimate of drug-likeness (QED) is 0.461. The van der Waals surface area contributed by atoms with Crippen molar-refractivity contribution in [1.29, 1.82) is 0 Å². The molecular weight excluding hydrogens is 471 g/mol. The Hall–Kier alpha value is -2.81. The molecule has 1 saturated heterocycles. The molecule has 6 nitrogen and oxygen atoms in total. The molecule has 186 valence electrons. The molecule has 2 aromatic carbocycles. The summed E-state index contributed by atoms with van der Waals surface area (Å²) in [6, 6.07) is 8.79. The molecule has 10 heteroatoms. The molecule has 0 aromatic heterocycles. The van der Waals surface area contributed by atoms with Gasteiger partial charge in [-0.2, -0.15) is 13.2 Å². The predicted octanol–water partition coefficient (Wildman–Crippen LogP) is 6.47. The summed E-state index contributed by atoms with van der Waals surface area (Å²) in [7, 11) is 0. The summed E-state index contributed by atoms with van der Waals surface area (Å²) in [6.07, 6.45) is -3.86. The maximum Gasteiger partial charge on any atom is 0.422 e. The van der Waals surface area contributed by atoms with E-state index < -0.39 is 23.4 Å². The number of anilines is 2. The number of nitrogens with zero attached hydrogens (tertiary/aromatic N) is 1. The summed E-state index contributed by atoms with van der Waals surface area (Å²) < 4.78 is 53.7. The molecule has 0 radical (unpaired) electrons. The van der Waals surface area contributed by atoms with Gasteiger partial charge in [0.1, 0.15) is 22.7 Å². The van der Waals surface area contributed by atoms with E-state index in [2.05, 4.69) is 5.32 Å². The van der Waals surface area contributed by atoms with E-state index in [1.807, 2.05) is 0 Å². The van der Waals surface area contributed by atoms with Crippen molar-refractivity contribution in [1.82, 2.24) is 5.32 Å². The van der Waals surface area contributed by atoms with E-state index in [0.29, 0.717) is 24.5 Å². The number of halogens is 4. The largest absolute Gasteiger partial charge is 0.457 e. The molecule has 1 amide bonds. The van der Waals surface area contributed by atoms with E-state index in [0.717, 1.165) is 6.42 Å². The first-order valence-corrected chi connectivity index (χ1v) is 11.4. The van der Waals surface area contributed by atoms with Crippen LogP contribution in [-0.4, -0.2) is 31.3 Å². The highest BCUT2D eigenvalue weighted by Crippen LogP contribution is 2.47. The Morgan fingerprint density at radius 3 is 2.62 bits per heavy atom. The number of alkyl carbamates (subject to hydrolysis) is 1. The van der Waals surface area contributed by atoms with Crippen molar-refractivity contribution in [2.24, 2.45) is 5.92 Å². The number of rotatable bonds is 5. The third-order valence-electron chi connectivity index (χ3n) is 5.25. The smallest absolute Gasteiger partial charge is 0.422 e. The standard InChI is InChI=1S/C24H29ClF3N3O3/c1-23(2,3)34-22(32)30-13-15-6-5-11-31(14-15)21-18(29)9-10-19(20(21)24(26,27)28)33-17-8-4-7-16(25)12-17/h4,7-10,12,15H,5-6,11,13-14,29H2,1-3H3,(H,30,32)/t15-/m0/s1. The molecule has 3 rings (SSSR count). The van der Waals surface area contributed by atoms with E-state index in [1.165, 1.54) is 24.3 Å². The molecule has 1 fully saturated rings. The van der Waals surface area contributed by atoms with Crippen LogP contribution < -0.4 is 20.7 Å². The van der Waals surface area contributed by atoms with Crippen LogP contribution in [0.5, 0.6) is 11.5 Å². The summed E-state index contributed by atoms with van der Waals surface area (Å²) in [6.45, 7) is 6.25. The molecule has 1 heterocycles. The zero-order valence-electron chi connectivity index (χ0n) is 19.3. The van der Waals surface area contributed by atoms with Gasteiger partial charge >= 0.3 is 12.3 Å². The zero-order valence-corrected chi connectivity index (χ0v) is 20.1. The van der Waals surface area contributed by atoms with Gasteiger partial charge in [0.25, 0.3) is 0 Å². The van der Waals surface area contributed by atoms with Crippen molar-refractivity contribution >= 4 is 29.1 Å². The number of nitrogens with one attached hydrogen (secondary N) is 1. The third-order valence-corrected chi connectivity index (χ3v) is 5.48. The molecule has 1 aliphatic heterocycles. The lowest BCUT2D eigenvalue weighted by Crippen LogP contribution is -2.43. The topological polar surface area (TPSA) is 76.8 Å². The second-order valence-electron chi connectivity index (χ2n) is 9.27. The number of amides is 1. The Bertz CT molecular complexity index is 1020. The van der Waals surface area contributed by atoms with E-state index in [1.54, 1.807) is 37.8 Å². The molecule has 0 saturated carbocycles. The first-order valence-electron chi connectivity index (χ1n) is 11.0. The minimum atomic E-state index is -4.71. The first-order chi connectivity index (χ1) is 15.8. The maximum atomic E-state index is 14.3. The Labute approximate surface area is 202 Å². The van der Waals surface area contributed by atoms with Crippen LogP contribution in [0.1, 0.15) is 39.2 Å². The van der Waals surface area contributed by atoms with Crippen LogP contribution in [0.4, 0.5) is 29.3 Å². The lowest BCUT2D eigenvalue weighted by atomic mass is 9.96. The van der Waals surface area contributed by atoms with E-state index in [-0.39, 0.29) is 35.3 Å². The fourth-order valence-electron chi connectivity index (χ4n) is 3.92. The van der Waals surface area contributed by atoms with Crippen molar-refractivity contribution < 1.29 is 27.4 Å². The Morgan fingerprint density at radius 2 is 1.97 bits per heavy atom. The highest BCUT2D eigenvalue weighted by atomic mass is 35.5. The highest BCUT2D eigenvalue weighted by Gasteiger charge is 2.41. The number of nitrogens with two attached hydrogens (primary N) is 1. The second-order valence-corrected chi connectivity index (χ2v) is 9.71. The Balaban J connectivity index is 1.85. The van der Waals surface area contributed by atoms with Crippen molar-refractivity contribution in [3.8, 4) is 11.5 Å². The average molecular weight is 500 g/mol. The minimum Gasteiger partial charge on any atom is -0.457 e. The van der Waals surface area contributed by atoms with Crippen LogP contribution in [0.25, 0.3) is 0 Å². The number of hydrogen-bond acceptors (Lipinski definition) is 5.